The lowest BCUT2D eigenvalue weighted by Crippen LogP contribution is -2.66. The Kier molecular flexibility index (Phi) is 4.56. The summed E-state index contributed by atoms with van der Waals surface area (Å²) in [6.45, 7) is 2.88. The van der Waals surface area contributed by atoms with Crippen molar-refractivity contribution < 1.29 is 54.5 Å². The van der Waals surface area contributed by atoms with Gasteiger partial charge in [-0.2, -0.15) is 0 Å². The van der Waals surface area contributed by atoms with E-state index in [1.54, 1.807) is 0 Å². The largest absolute Gasteiger partial charge is 0.507 e. The van der Waals surface area contributed by atoms with E-state index in [-0.39, 0.29) is 28.7 Å². The van der Waals surface area contributed by atoms with E-state index in [0.717, 1.165) is 0 Å². The first-order valence-corrected chi connectivity index (χ1v) is 10.5. The number of fused-ring (bicyclic) bond motifs is 4. The number of ether oxygens (including phenoxy) is 2. The highest BCUT2D eigenvalue weighted by Gasteiger charge is 2.62. The molecule has 0 aromatic heterocycles. The summed E-state index contributed by atoms with van der Waals surface area (Å²) in [6, 6.07) is 0. The molecule has 0 amide bonds. The number of carbonyl (C=O) groups excluding carboxylic acids is 2. The molecule has 0 saturated carbocycles. The van der Waals surface area contributed by atoms with E-state index in [1.807, 2.05) is 0 Å². The van der Waals surface area contributed by atoms with Crippen molar-refractivity contribution in [1.29, 1.82) is 0 Å². The molecular formula is C22H22O11. The smallest absolute Gasteiger partial charge is 0.306 e. The molecule has 0 spiro atoms. The van der Waals surface area contributed by atoms with Gasteiger partial charge in [-0.05, 0) is 13.8 Å². The second-order valence-corrected chi connectivity index (χ2v) is 8.92. The van der Waals surface area contributed by atoms with Gasteiger partial charge in [0.15, 0.2) is 11.6 Å². The normalized spacial score (nSPS) is 37.0. The number of aromatic hydroxyl groups is 2. The van der Waals surface area contributed by atoms with Crippen molar-refractivity contribution in [2.75, 3.05) is 0 Å². The van der Waals surface area contributed by atoms with Crippen LogP contribution in [0.4, 0.5) is 0 Å². The van der Waals surface area contributed by atoms with Crippen molar-refractivity contribution in [1.82, 2.24) is 0 Å². The Morgan fingerprint density at radius 3 is 2.24 bits per heavy atom. The highest BCUT2D eigenvalue weighted by Crippen LogP contribution is 2.55. The van der Waals surface area contributed by atoms with Crippen molar-refractivity contribution in [3.63, 3.8) is 0 Å². The molecule has 6 rings (SSSR count). The third-order valence-corrected chi connectivity index (χ3v) is 7.18. The third kappa shape index (κ3) is 2.59. The van der Waals surface area contributed by atoms with E-state index in [2.05, 4.69) is 0 Å². The van der Waals surface area contributed by atoms with Crippen LogP contribution in [0.1, 0.15) is 70.7 Å². The number of phenols is 2. The van der Waals surface area contributed by atoms with Gasteiger partial charge in [0.05, 0.1) is 48.1 Å². The van der Waals surface area contributed by atoms with Crippen molar-refractivity contribution in [2.24, 2.45) is 0 Å². The quantitative estimate of drug-likeness (QED) is 0.325. The Bertz CT molecular complexity index is 1150. The number of hydrogen-bond acceptors (Lipinski definition) is 10. The Morgan fingerprint density at radius 2 is 1.64 bits per heavy atom. The van der Waals surface area contributed by atoms with Gasteiger partial charge < -0.3 is 40.1 Å². The van der Waals surface area contributed by atoms with Gasteiger partial charge in [-0.15, -0.1) is 0 Å². The average molecular weight is 462 g/mol. The fraction of sp³-hybridized carbons (Fsp3) is 0.500. The number of ketones is 2. The van der Waals surface area contributed by atoms with Crippen LogP contribution in [0.15, 0.2) is 11.1 Å². The number of benzene rings is 1. The standard InChI is InChI=1S/C22H22O11/c1-5-11-13(17(26)8(32-5)4-10(24)25)20(29)14-15(18(11)27)21(30)16-12(19(14)28)7-3-9(23)22(16,31)6(2)33-7/h5-9,17,23,26-27,29,31H,3-4H2,1-2H3,(H,24,25)/t5-,6-,7-,8-,9+,17-,22+/m0/s1. The first-order valence-electron chi connectivity index (χ1n) is 10.5. The molecule has 11 heteroatoms. The Labute approximate surface area is 186 Å². The van der Waals surface area contributed by atoms with Crippen LogP contribution in [0.25, 0.3) is 0 Å². The van der Waals surface area contributed by atoms with Gasteiger partial charge in [-0.1, -0.05) is 0 Å². The van der Waals surface area contributed by atoms with Crippen molar-refractivity contribution in [3.05, 3.63) is 33.4 Å². The minimum atomic E-state index is -2.19. The Hall–Kier alpha value is -2.83. The number of aliphatic hydroxyl groups is 3. The molecule has 11 nitrogen and oxygen atoms in total. The third-order valence-electron chi connectivity index (χ3n) is 7.18. The number of aliphatic carboxylic acids is 1. The van der Waals surface area contributed by atoms with E-state index in [0.29, 0.717) is 0 Å². The van der Waals surface area contributed by atoms with E-state index >= 15 is 0 Å². The monoisotopic (exact) mass is 462 g/mol. The molecule has 7 atom stereocenters. The number of carbonyl (C=O) groups is 3. The second-order valence-electron chi connectivity index (χ2n) is 8.92. The van der Waals surface area contributed by atoms with Gasteiger partial charge in [-0.25, -0.2) is 0 Å². The molecule has 1 aromatic carbocycles. The summed E-state index contributed by atoms with van der Waals surface area (Å²) in [5, 5.41) is 63.6. The molecule has 1 aromatic rings. The molecule has 176 valence electrons. The molecule has 5 aliphatic rings. The highest BCUT2D eigenvalue weighted by atomic mass is 16.5. The van der Waals surface area contributed by atoms with Crippen LogP contribution in [0.3, 0.4) is 0 Å². The maximum Gasteiger partial charge on any atom is 0.306 e. The molecule has 0 unspecified atom stereocenters. The Morgan fingerprint density at radius 1 is 1.03 bits per heavy atom. The molecule has 3 aliphatic heterocycles. The average Bonchev–Trinajstić information content (AvgIpc) is 2.72. The number of aliphatic hydroxyl groups excluding tert-OH is 2. The number of rotatable bonds is 2. The van der Waals surface area contributed by atoms with E-state index in [9.17, 15) is 39.9 Å². The Balaban J connectivity index is 1.76. The first kappa shape index (κ1) is 22.0. The number of carboxylic acids is 1. The molecule has 1 saturated heterocycles. The maximum absolute atomic E-state index is 13.6. The summed E-state index contributed by atoms with van der Waals surface area (Å²) in [4.78, 5) is 38.2. The SMILES string of the molecule is C[C@@H]1O[C@@H](CC(=O)O)[C@H](O)c2c(O)c3c(c(O)c21)C(=O)C1=C(C3=O)[C@@H]2C[C@@H](O)[C@]1(O)[C@H](C)O2. The predicted octanol–water partition coefficient (Wildman–Crippen LogP) is 0.0243. The van der Waals surface area contributed by atoms with Crippen LogP contribution >= 0.6 is 0 Å². The number of hydrogen-bond donors (Lipinski definition) is 6. The van der Waals surface area contributed by atoms with Gasteiger partial charge in [0, 0.05) is 28.7 Å². The van der Waals surface area contributed by atoms with Gasteiger partial charge in [0.25, 0.3) is 0 Å². The lowest BCUT2D eigenvalue weighted by atomic mass is 9.63. The lowest BCUT2D eigenvalue weighted by Gasteiger charge is -2.52. The van der Waals surface area contributed by atoms with Gasteiger partial charge >= 0.3 is 5.97 Å². The molecule has 3 heterocycles. The second kappa shape index (κ2) is 6.84. The zero-order chi connectivity index (χ0) is 24.1. The summed E-state index contributed by atoms with van der Waals surface area (Å²) in [7, 11) is 0. The minimum Gasteiger partial charge on any atom is -0.507 e. The summed E-state index contributed by atoms with van der Waals surface area (Å²) in [6.07, 6.45) is -8.21. The van der Waals surface area contributed by atoms with Crippen molar-refractivity contribution in [3.8, 4) is 11.5 Å². The van der Waals surface area contributed by atoms with E-state index in [1.165, 1.54) is 13.8 Å². The topological polar surface area (TPSA) is 191 Å². The van der Waals surface area contributed by atoms with Crippen LogP contribution in [0.2, 0.25) is 0 Å². The minimum absolute atomic E-state index is 0.153. The summed E-state index contributed by atoms with van der Waals surface area (Å²) >= 11 is 0. The van der Waals surface area contributed by atoms with Crippen LogP contribution in [-0.2, 0) is 14.3 Å². The zero-order valence-corrected chi connectivity index (χ0v) is 17.6. The van der Waals surface area contributed by atoms with Gasteiger partial charge in [0.2, 0.25) is 0 Å². The first-order chi connectivity index (χ1) is 15.4. The molecule has 0 radical (unpaired) electrons. The van der Waals surface area contributed by atoms with E-state index in [4.69, 9.17) is 14.6 Å². The summed E-state index contributed by atoms with van der Waals surface area (Å²) in [5.41, 5.74) is -4.40. The molecular weight excluding hydrogens is 440 g/mol. The zero-order valence-electron chi connectivity index (χ0n) is 17.6. The number of phenolic OH excluding ortho intramolecular Hbond substituents is 2. The maximum atomic E-state index is 13.6. The fourth-order valence-electron chi connectivity index (χ4n) is 5.65. The summed E-state index contributed by atoms with van der Waals surface area (Å²) < 4.78 is 11.1. The number of carboxylic acid groups (broad SMARTS) is 1. The van der Waals surface area contributed by atoms with Crippen molar-refractivity contribution >= 4 is 17.5 Å². The van der Waals surface area contributed by atoms with Gasteiger partial charge in [0.1, 0.15) is 23.2 Å². The predicted molar refractivity (Wildman–Crippen MR) is 106 cm³/mol. The van der Waals surface area contributed by atoms with Crippen LogP contribution in [0.5, 0.6) is 11.5 Å². The van der Waals surface area contributed by atoms with Crippen molar-refractivity contribution in [2.45, 2.75) is 68.9 Å². The van der Waals surface area contributed by atoms with Gasteiger partial charge in [-0.3, -0.25) is 14.4 Å². The van der Waals surface area contributed by atoms with E-state index < -0.39 is 88.8 Å². The highest BCUT2D eigenvalue weighted by molar-refractivity contribution is 6.30. The summed E-state index contributed by atoms with van der Waals surface area (Å²) in [5.74, 6) is -4.61. The molecule has 1 fully saturated rings. The molecule has 6 N–H and O–H groups in total. The fourth-order valence-corrected chi connectivity index (χ4v) is 5.65. The lowest BCUT2D eigenvalue weighted by molar-refractivity contribution is -0.207. The van der Waals surface area contributed by atoms with Crippen LogP contribution < -0.4 is 0 Å². The van der Waals surface area contributed by atoms with Crippen LogP contribution in [0, 0.1) is 0 Å². The molecule has 2 aliphatic carbocycles. The molecule has 33 heavy (non-hydrogen) atoms. The number of Topliss-reactive ketones (excluding diaryl/α,β-unsaturated/α-hetero) is 2. The van der Waals surface area contributed by atoms with Crippen LogP contribution in [-0.4, -0.2) is 78.2 Å². The molecule has 2 bridgehead atoms.